The average molecular weight is 253 g/mol. The van der Waals surface area contributed by atoms with E-state index in [0.29, 0.717) is 0 Å². The molecule has 0 bridgehead atoms. The highest BCUT2D eigenvalue weighted by Gasteiger charge is 2.14. The highest BCUT2D eigenvalue weighted by Crippen LogP contribution is 2.26. The van der Waals surface area contributed by atoms with Crippen molar-refractivity contribution in [2.45, 2.75) is 39.7 Å². The molecule has 2 aromatic rings. The Balaban J connectivity index is 2.48. The first kappa shape index (κ1) is 13.8. The summed E-state index contributed by atoms with van der Waals surface area (Å²) in [6.45, 7) is 6.50. The highest BCUT2D eigenvalue weighted by atomic mass is 14.6. The first-order valence-electron chi connectivity index (χ1n) is 7.10. The summed E-state index contributed by atoms with van der Waals surface area (Å²) >= 11 is 0. The standard InChI is InChI=1S/C18H23N/c1-4-14-10-11-15(5-2)17(12-14)18(19)16-9-7-6-8-13(16)3/h6-12,18H,4-5,19H2,1-3H3. The zero-order valence-electron chi connectivity index (χ0n) is 12.1. The predicted molar refractivity (Wildman–Crippen MR) is 82.4 cm³/mol. The zero-order chi connectivity index (χ0) is 13.8. The monoisotopic (exact) mass is 253 g/mol. The molecule has 0 aromatic heterocycles. The Hall–Kier alpha value is -1.60. The lowest BCUT2D eigenvalue weighted by molar-refractivity contribution is 0.837. The van der Waals surface area contributed by atoms with Crippen molar-refractivity contribution >= 4 is 0 Å². The number of benzene rings is 2. The number of hydrogen-bond donors (Lipinski definition) is 1. The van der Waals surface area contributed by atoms with E-state index in [1.807, 2.05) is 0 Å². The summed E-state index contributed by atoms with van der Waals surface area (Å²) in [5.74, 6) is 0. The third kappa shape index (κ3) is 2.87. The van der Waals surface area contributed by atoms with Gasteiger partial charge < -0.3 is 5.73 Å². The van der Waals surface area contributed by atoms with Crippen LogP contribution < -0.4 is 5.73 Å². The molecule has 0 aliphatic heterocycles. The minimum absolute atomic E-state index is 0.0253. The van der Waals surface area contributed by atoms with Crippen molar-refractivity contribution in [2.75, 3.05) is 0 Å². The van der Waals surface area contributed by atoms with Crippen molar-refractivity contribution in [1.82, 2.24) is 0 Å². The number of hydrogen-bond acceptors (Lipinski definition) is 1. The second kappa shape index (κ2) is 6.03. The van der Waals surface area contributed by atoms with Gasteiger partial charge in [-0.15, -0.1) is 0 Å². The van der Waals surface area contributed by atoms with Gasteiger partial charge in [-0.25, -0.2) is 0 Å². The summed E-state index contributed by atoms with van der Waals surface area (Å²) in [5.41, 5.74) is 13.0. The molecule has 1 atom stereocenters. The molecule has 2 aromatic carbocycles. The van der Waals surface area contributed by atoms with Crippen LogP contribution in [-0.4, -0.2) is 0 Å². The van der Waals surface area contributed by atoms with Crippen molar-refractivity contribution in [3.05, 3.63) is 70.3 Å². The molecule has 0 fully saturated rings. The van der Waals surface area contributed by atoms with E-state index < -0.39 is 0 Å². The van der Waals surface area contributed by atoms with Crippen molar-refractivity contribution in [1.29, 1.82) is 0 Å². The molecule has 0 saturated heterocycles. The summed E-state index contributed by atoms with van der Waals surface area (Å²) < 4.78 is 0. The Morgan fingerprint density at radius 1 is 0.947 bits per heavy atom. The molecule has 0 heterocycles. The van der Waals surface area contributed by atoms with Crippen LogP contribution in [0.15, 0.2) is 42.5 Å². The fourth-order valence-corrected chi connectivity index (χ4v) is 2.58. The van der Waals surface area contributed by atoms with Crippen molar-refractivity contribution in [3.8, 4) is 0 Å². The molecule has 0 spiro atoms. The van der Waals surface area contributed by atoms with Gasteiger partial charge in [0, 0.05) is 0 Å². The van der Waals surface area contributed by atoms with Crippen LogP contribution in [-0.2, 0) is 12.8 Å². The van der Waals surface area contributed by atoms with Gasteiger partial charge in [-0.05, 0) is 47.6 Å². The van der Waals surface area contributed by atoms with Crippen LogP contribution in [0.3, 0.4) is 0 Å². The van der Waals surface area contributed by atoms with Gasteiger partial charge in [0.15, 0.2) is 0 Å². The Labute approximate surface area is 116 Å². The van der Waals surface area contributed by atoms with Crippen LogP contribution >= 0.6 is 0 Å². The van der Waals surface area contributed by atoms with Gasteiger partial charge in [0.05, 0.1) is 6.04 Å². The van der Waals surface area contributed by atoms with Gasteiger partial charge in [0.1, 0.15) is 0 Å². The molecule has 1 nitrogen and oxygen atoms in total. The van der Waals surface area contributed by atoms with E-state index in [2.05, 4.69) is 63.2 Å². The lowest BCUT2D eigenvalue weighted by Crippen LogP contribution is -2.15. The summed E-state index contributed by atoms with van der Waals surface area (Å²) in [6.07, 6.45) is 2.08. The maximum Gasteiger partial charge on any atom is 0.0557 e. The molecular formula is C18H23N. The van der Waals surface area contributed by atoms with E-state index in [4.69, 9.17) is 5.73 Å². The molecule has 2 rings (SSSR count). The number of aryl methyl sites for hydroxylation is 3. The van der Waals surface area contributed by atoms with Gasteiger partial charge in [0.25, 0.3) is 0 Å². The highest BCUT2D eigenvalue weighted by molar-refractivity contribution is 5.42. The van der Waals surface area contributed by atoms with E-state index in [-0.39, 0.29) is 6.04 Å². The molecule has 100 valence electrons. The van der Waals surface area contributed by atoms with Gasteiger partial charge in [0.2, 0.25) is 0 Å². The molecule has 19 heavy (non-hydrogen) atoms. The summed E-state index contributed by atoms with van der Waals surface area (Å²) in [4.78, 5) is 0. The smallest absolute Gasteiger partial charge is 0.0557 e. The first-order chi connectivity index (χ1) is 9.17. The number of rotatable bonds is 4. The van der Waals surface area contributed by atoms with Crippen molar-refractivity contribution in [3.63, 3.8) is 0 Å². The van der Waals surface area contributed by atoms with Crippen LogP contribution in [0.25, 0.3) is 0 Å². The fraction of sp³-hybridized carbons (Fsp3) is 0.333. The van der Waals surface area contributed by atoms with Gasteiger partial charge in [-0.2, -0.15) is 0 Å². The summed E-state index contributed by atoms with van der Waals surface area (Å²) in [7, 11) is 0. The Morgan fingerprint density at radius 3 is 2.32 bits per heavy atom. The van der Waals surface area contributed by atoms with E-state index in [1.165, 1.54) is 27.8 Å². The second-order valence-electron chi connectivity index (χ2n) is 5.07. The minimum atomic E-state index is -0.0253. The Kier molecular flexibility index (Phi) is 4.39. The molecule has 1 heteroatoms. The zero-order valence-corrected chi connectivity index (χ0v) is 12.1. The van der Waals surface area contributed by atoms with Crippen LogP contribution in [0.4, 0.5) is 0 Å². The molecule has 0 aliphatic rings. The largest absolute Gasteiger partial charge is 0.320 e. The van der Waals surface area contributed by atoms with E-state index in [1.54, 1.807) is 0 Å². The fourth-order valence-electron chi connectivity index (χ4n) is 2.58. The van der Waals surface area contributed by atoms with Crippen molar-refractivity contribution < 1.29 is 0 Å². The number of nitrogens with two attached hydrogens (primary N) is 1. The van der Waals surface area contributed by atoms with Gasteiger partial charge >= 0.3 is 0 Å². The topological polar surface area (TPSA) is 26.0 Å². The third-order valence-electron chi connectivity index (χ3n) is 3.86. The van der Waals surface area contributed by atoms with E-state index in [9.17, 15) is 0 Å². The third-order valence-corrected chi connectivity index (χ3v) is 3.86. The minimum Gasteiger partial charge on any atom is -0.320 e. The molecule has 0 aliphatic carbocycles. The normalized spacial score (nSPS) is 12.4. The molecular weight excluding hydrogens is 230 g/mol. The van der Waals surface area contributed by atoms with Crippen molar-refractivity contribution in [2.24, 2.45) is 5.73 Å². The quantitative estimate of drug-likeness (QED) is 0.869. The molecule has 0 saturated carbocycles. The van der Waals surface area contributed by atoms with E-state index in [0.717, 1.165) is 12.8 Å². The Bertz CT molecular complexity index is 557. The van der Waals surface area contributed by atoms with Crippen LogP contribution in [0.1, 0.15) is 47.7 Å². The lowest BCUT2D eigenvalue weighted by Gasteiger charge is -2.19. The first-order valence-corrected chi connectivity index (χ1v) is 7.10. The van der Waals surface area contributed by atoms with E-state index >= 15 is 0 Å². The lowest BCUT2D eigenvalue weighted by atomic mass is 9.90. The summed E-state index contributed by atoms with van der Waals surface area (Å²) in [5, 5.41) is 0. The molecule has 2 N–H and O–H groups in total. The van der Waals surface area contributed by atoms with Crippen LogP contribution in [0, 0.1) is 6.92 Å². The Morgan fingerprint density at radius 2 is 1.68 bits per heavy atom. The average Bonchev–Trinajstić information content (AvgIpc) is 2.46. The van der Waals surface area contributed by atoms with Gasteiger partial charge in [-0.1, -0.05) is 56.3 Å². The maximum atomic E-state index is 6.52. The summed E-state index contributed by atoms with van der Waals surface area (Å²) in [6, 6.07) is 15.1. The molecule has 0 radical (unpaired) electrons. The molecule has 0 amide bonds. The maximum absolute atomic E-state index is 6.52. The molecule has 1 unspecified atom stereocenters. The van der Waals surface area contributed by atoms with Crippen LogP contribution in [0.2, 0.25) is 0 Å². The predicted octanol–water partition coefficient (Wildman–Crippen LogP) is 4.17. The SMILES string of the molecule is CCc1ccc(CC)c(C(N)c2ccccc2C)c1. The van der Waals surface area contributed by atoms with Gasteiger partial charge in [-0.3, -0.25) is 0 Å². The second-order valence-corrected chi connectivity index (χ2v) is 5.07. The van der Waals surface area contributed by atoms with Crippen LogP contribution in [0.5, 0.6) is 0 Å².